The summed E-state index contributed by atoms with van der Waals surface area (Å²) in [5.74, 6) is 2.77. The predicted molar refractivity (Wildman–Crippen MR) is 70.8 cm³/mol. The fourth-order valence-electron chi connectivity index (χ4n) is 3.82. The zero-order valence-electron chi connectivity index (χ0n) is 11.2. The van der Waals surface area contributed by atoms with Crippen molar-refractivity contribution in [2.24, 2.45) is 17.8 Å². The first kappa shape index (κ1) is 12.3. The molecule has 2 saturated carbocycles. The summed E-state index contributed by atoms with van der Waals surface area (Å²) in [5, 5.41) is 0. The van der Waals surface area contributed by atoms with E-state index >= 15 is 0 Å². The van der Waals surface area contributed by atoms with Crippen molar-refractivity contribution in [2.75, 3.05) is 0 Å². The highest BCUT2D eigenvalue weighted by atomic mass is 16.6. The highest BCUT2D eigenvalue weighted by molar-refractivity contribution is 5.83. The quantitative estimate of drug-likeness (QED) is 0.697. The summed E-state index contributed by atoms with van der Waals surface area (Å²) in [7, 11) is 0. The summed E-state index contributed by atoms with van der Waals surface area (Å²) >= 11 is 0. The van der Waals surface area contributed by atoms with E-state index in [-0.39, 0.29) is 11.9 Å². The van der Waals surface area contributed by atoms with E-state index in [2.05, 4.69) is 6.08 Å². The summed E-state index contributed by atoms with van der Waals surface area (Å²) in [6, 6.07) is 0. The standard InChI is InChI=1S/C16H24O2/c17-16-14(11-13-7-3-4-8-13)15(18-16)10-9-12-5-1-2-6-12/h10,12-14H,1-9,11H2/b15-10-. The number of ether oxygens (including phenoxy) is 1. The van der Waals surface area contributed by atoms with Crippen molar-refractivity contribution in [1.29, 1.82) is 0 Å². The number of carbonyl (C=O) groups is 1. The lowest BCUT2D eigenvalue weighted by molar-refractivity contribution is -0.158. The van der Waals surface area contributed by atoms with Gasteiger partial charge in [-0.2, -0.15) is 0 Å². The Morgan fingerprint density at radius 3 is 2.22 bits per heavy atom. The van der Waals surface area contributed by atoms with Crippen LogP contribution in [0.5, 0.6) is 0 Å². The van der Waals surface area contributed by atoms with Gasteiger partial charge in [-0.25, -0.2) is 0 Å². The lowest BCUT2D eigenvalue weighted by Gasteiger charge is -2.30. The Morgan fingerprint density at radius 2 is 1.61 bits per heavy atom. The lowest BCUT2D eigenvalue weighted by Crippen LogP contribution is -2.33. The van der Waals surface area contributed by atoms with Gasteiger partial charge in [0.05, 0.1) is 0 Å². The van der Waals surface area contributed by atoms with Gasteiger partial charge >= 0.3 is 5.97 Å². The molecule has 0 aromatic rings. The molecule has 3 aliphatic rings. The summed E-state index contributed by atoms with van der Waals surface area (Å²) in [6.45, 7) is 0. The number of esters is 1. The molecule has 1 aliphatic heterocycles. The van der Waals surface area contributed by atoms with Crippen molar-refractivity contribution in [3.63, 3.8) is 0 Å². The second-order valence-corrected chi connectivity index (χ2v) is 6.35. The molecule has 2 heteroatoms. The molecule has 0 radical (unpaired) electrons. The maximum Gasteiger partial charge on any atom is 0.321 e. The molecular formula is C16H24O2. The number of allylic oxidation sites excluding steroid dienone is 1. The molecule has 0 bridgehead atoms. The minimum Gasteiger partial charge on any atom is -0.430 e. The Hall–Kier alpha value is -0.790. The summed E-state index contributed by atoms with van der Waals surface area (Å²) in [6.07, 6.45) is 15.3. The van der Waals surface area contributed by atoms with E-state index in [1.807, 2.05) is 0 Å². The van der Waals surface area contributed by atoms with Crippen LogP contribution in [0, 0.1) is 17.8 Å². The Kier molecular flexibility index (Phi) is 3.72. The zero-order chi connectivity index (χ0) is 12.4. The van der Waals surface area contributed by atoms with Crippen LogP contribution in [-0.2, 0) is 9.53 Å². The minimum atomic E-state index is 0.0274. The van der Waals surface area contributed by atoms with Gasteiger partial charge in [0.25, 0.3) is 0 Å². The molecule has 2 aliphatic carbocycles. The third kappa shape index (κ3) is 2.62. The van der Waals surface area contributed by atoms with Crippen LogP contribution in [0.4, 0.5) is 0 Å². The molecule has 0 amide bonds. The Morgan fingerprint density at radius 1 is 1.00 bits per heavy atom. The number of cyclic esters (lactones) is 1. The first-order chi connectivity index (χ1) is 8.83. The van der Waals surface area contributed by atoms with Crippen molar-refractivity contribution in [3.05, 3.63) is 11.8 Å². The third-order valence-electron chi connectivity index (χ3n) is 5.02. The van der Waals surface area contributed by atoms with Crippen LogP contribution in [0.15, 0.2) is 11.8 Å². The maximum atomic E-state index is 11.6. The molecule has 0 aromatic carbocycles. The van der Waals surface area contributed by atoms with Crippen LogP contribution in [-0.4, -0.2) is 5.97 Å². The highest BCUT2D eigenvalue weighted by Crippen LogP contribution is 2.39. The number of hydrogen-bond donors (Lipinski definition) is 0. The zero-order valence-corrected chi connectivity index (χ0v) is 11.2. The van der Waals surface area contributed by atoms with Crippen molar-refractivity contribution < 1.29 is 9.53 Å². The summed E-state index contributed by atoms with van der Waals surface area (Å²) in [5.41, 5.74) is 0. The van der Waals surface area contributed by atoms with Crippen molar-refractivity contribution >= 4 is 5.97 Å². The summed E-state index contributed by atoms with van der Waals surface area (Å²) < 4.78 is 5.24. The van der Waals surface area contributed by atoms with Gasteiger partial charge < -0.3 is 4.74 Å². The van der Waals surface area contributed by atoms with E-state index in [1.54, 1.807) is 0 Å². The molecule has 1 unspecified atom stereocenters. The molecule has 1 saturated heterocycles. The molecule has 3 rings (SSSR count). The van der Waals surface area contributed by atoms with E-state index in [4.69, 9.17) is 4.74 Å². The molecule has 3 fully saturated rings. The molecule has 18 heavy (non-hydrogen) atoms. The monoisotopic (exact) mass is 248 g/mol. The maximum absolute atomic E-state index is 11.6. The Bertz CT molecular complexity index is 333. The van der Waals surface area contributed by atoms with Gasteiger partial charge in [0.1, 0.15) is 11.7 Å². The molecule has 0 spiro atoms. The average molecular weight is 248 g/mol. The molecule has 0 aromatic heterocycles. The predicted octanol–water partition coefficient (Wildman–Crippen LogP) is 4.20. The van der Waals surface area contributed by atoms with Crippen molar-refractivity contribution in [3.8, 4) is 0 Å². The smallest absolute Gasteiger partial charge is 0.321 e. The summed E-state index contributed by atoms with van der Waals surface area (Å²) in [4.78, 5) is 11.6. The third-order valence-corrected chi connectivity index (χ3v) is 5.02. The van der Waals surface area contributed by atoms with Gasteiger partial charge in [0, 0.05) is 0 Å². The van der Waals surface area contributed by atoms with Gasteiger partial charge in [-0.1, -0.05) is 51.4 Å². The SMILES string of the molecule is O=C1O/C(=C\CC2CCCC2)C1CC1CCCC1. The van der Waals surface area contributed by atoms with Gasteiger partial charge in [-0.3, -0.25) is 4.79 Å². The Balaban J connectivity index is 1.51. The van der Waals surface area contributed by atoms with Gasteiger partial charge in [-0.15, -0.1) is 0 Å². The normalized spacial score (nSPS) is 31.9. The average Bonchev–Trinajstić information content (AvgIpc) is 3.04. The molecular weight excluding hydrogens is 224 g/mol. The largest absolute Gasteiger partial charge is 0.430 e. The topological polar surface area (TPSA) is 26.3 Å². The first-order valence-corrected chi connectivity index (χ1v) is 7.74. The van der Waals surface area contributed by atoms with E-state index in [0.717, 1.165) is 30.4 Å². The van der Waals surface area contributed by atoms with Crippen molar-refractivity contribution in [1.82, 2.24) is 0 Å². The molecule has 1 atom stereocenters. The molecule has 2 nitrogen and oxygen atoms in total. The number of carbonyl (C=O) groups excluding carboxylic acids is 1. The Labute approximate surface area is 110 Å². The fraction of sp³-hybridized carbons (Fsp3) is 0.812. The van der Waals surface area contributed by atoms with E-state index in [1.165, 1.54) is 51.4 Å². The first-order valence-electron chi connectivity index (χ1n) is 7.74. The van der Waals surface area contributed by atoms with Crippen LogP contribution in [0.2, 0.25) is 0 Å². The second-order valence-electron chi connectivity index (χ2n) is 6.35. The molecule has 100 valence electrons. The van der Waals surface area contributed by atoms with Gasteiger partial charge in [0.15, 0.2) is 0 Å². The molecule has 0 N–H and O–H groups in total. The van der Waals surface area contributed by atoms with Crippen LogP contribution in [0.1, 0.15) is 64.2 Å². The van der Waals surface area contributed by atoms with Crippen molar-refractivity contribution in [2.45, 2.75) is 64.2 Å². The second kappa shape index (κ2) is 5.46. The van der Waals surface area contributed by atoms with E-state index in [9.17, 15) is 4.79 Å². The highest BCUT2D eigenvalue weighted by Gasteiger charge is 2.39. The minimum absolute atomic E-state index is 0.0274. The number of rotatable bonds is 4. The lowest BCUT2D eigenvalue weighted by atomic mass is 9.88. The fourth-order valence-corrected chi connectivity index (χ4v) is 3.82. The van der Waals surface area contributed by atoms with Crippen LogP contribution < -0.4 is 0 Å². The van der Waals surface area contributed by atoms with Crippen LogP contribution in [0.25, 0.3) is 0 Å². The van der Waals surface area contributed by atoms with Gasteiger partial charge in [0.2, 0.25) is 0 Å². The number of hydrogen-bond acceptors (Lipinski definition) is 2. The molecule has 1 heterocycles. The van der Waals surface area contributed by atoms with E-state index in [0.29, 0.717) is 0 Å². The van der Waals surface area contributed by atoms with Gasteiger partial charge in [-0.05, 0) is 30.8 Å². The van der Waals surface area contributed by atoms with Crippen LogP contribution >= 0.6 is 0 Å². The van der Waals surface area contributed by atoms with Crippen LogP contribution in [0.3, 0.4) is 0 Å². The van der Waals surface area contributed by atoms with E-state index < -0.39 is 0 Å².